The Hall–Kier alpha value is -2.60. The maximum Gasteiger partial charge on any atom is 0.227 e. The van der Waals surface area contributed by atoms with Crippen molar-refractivity contribution in [3.05, 3.63) is 53.5 Å². The molecule has 0 bridgehead atoms. The topological polar surface area (TPSA) is 71.4 Å². The van der Waals surface area contributed by atoms with E-state index in [0.29, 0.717) is 26.2 Å². The van der Waals surface area contributed by atoms with Crippen LogP contribution in [0.3, 0.4) is 0 Å². The molecule has 1 aromatic carbocycles. The predicted molar refractivity (Wildman–Crippen MR) is 88.5 cm³/mol. The van der Waals surface area contributed by atoms with Gasteiger partial charge in [-0.3, -0.25) is 9.89 Å². The normalized spacial score (nSPS) is 18.2. The van der Waals surface area contributed by atoms with Crippen molar-refractivity contribution >= 4 is 16.9 Å². The number of nitrogens with one attached hydrogen (secondary N) is 1. The molecule has 1 atom stereocenters. The highest BCUT2D eigenvalue weighted by Crippen LogP contribution is 2.26. The molecule has 6 heteroatoms. The van der Waals surface area contributed by atoms with E-state index in [1.54, 1.807) is 12.5 Å². The second kappa shape index (κ2) is 6.13. The number of nitrogens with zero attached hydrogens (tertiary/aromatic N) is 2. The fourth-order valence-corrected chi connectivity index (χ4v) is 3.20. The first kappa shape index (κ1) is 15.0. The summed E-state index contributed by atoms with van der Waals surface area (Å²) in [7, 11) is 0. The van der Waals surface area contributed by atoms with Gasteiger partial charge in [-0.1, -0.05) is 12.1 Å². The van der Waals surface area contributed by atoms with Crippen molar-refractivity contribution < 1.29 is 13.9 Å². The summed E-state index contributed by atoms with van der Waals surface area (Å²) in [5.74, 6) is 0.0705. The molecule has 2 aromatic heterocycles. The minimum atomic E-state index is -0.117. The molecule has 1 aliphatic heterocycles. The van der Waals surface area contributed by atoms with Crippen molar-refractivity contribution in [1.82, 2.24) is 15.1 Å². The molecule has 1 N–H and O–H groups in total. The van der Waals surface area contributed by atoms with Crippen LogP contribution in [0, 0.1) is 6.92 Å². The largest absolute Gasteiger partial charge is 0.464 e. The third kappa shape index (κ3) is 2.69. The van der Waals surface area contributed by atoms with E-state index in [-0.39, 0.29) is 11.9 Å². The molecule has 4 rings (SSSR count). The molecule has 124 valence electrons. The van der Waals surface area contributed by atoms with Gasteiger partial charge < -0.3 is 14.1 Å². The van der Waals surface area contributed by atoms with Crippen molar-refractivity contribution in [2.24, 2.45) is 0 Å². The molecular weight excluding hydrogens is 306 g/mol. The molecule has 3 heterocycles. The highest BCUT2D eigenvalue weighted by atomic mass is 16.5. The average Bonchev–Trinajstić information content (AvgIpc) is 3.25. The number of carbonyl (C=O) groups is 1. The van der Waals surface area contributed by atoms with Gasteiger partial charge in [0, 0.05) is 23.7 Å². The second-order valence-corrected chi connectivity index (χ2v) is 6.13. The minimum absolute atomic E-state index is 0.0705. The Morgan fingerprint density at radius 1 is 1.42 bits per heavy atom. The first-order valence-corrected chi connectivity index (χ1v) is 8.05. The third-order valence-corrected chi connectivity index (χ3v) is 4.48. The predicted octanol–water partition coefficient (Wildman–Crippen LogP) is 2.61. The Kier molecular flexibility index (Phi) is 3.82. The van der Waals surface area contributed by atoms with Crippen LogP contribution in [-0.2, 0) is 16.0 Å². The molecule has 3 aromatic rings. The minimum Gasteiger partial charge on any atom is -0.464 e. The summed E-state index contributed by atoms with van der Waals surface area (Å²) in [6.07, 6.45) is 3.70. The van der Waals surface area contributed by atoms with Crippen LogP contribution < -0.4 is 0 Å². The van der Waals surface area contributed by atoms with Crippen LogP contribution >= 0.6 is 0 Å². The van der Waals surface area contributed by atoms with Crippen molar-refractivity contribution in [1.29, 1.82) is 0 Å². The Bertz CT molecular complexity index is 854. The van der Waals surface area contributed by atoms with Crippen molar-refractivity contribution in [3.63, 3.8) is 0 Å². The van der Waals surface area contributed by atoms with Crippen LogP contribution in [0.25, 0.3) is 11.0 Å². The van der Waals surface area contributed by atoms with Crippen LogP contribution in [0.2, 0.25) is 0 Å². The summed E-state index contributed by atoms with van der Waals surface area (Å²) in [5, 5.41) is 7.93. The van der Waals surface area contributed by atoms with Gasteiger partial charge in [0.2, 0.25) is 5.91 Å². The number of benzene rings is 1. The van der Waals surface area contributed by atoms with E-state index < -0.39 is 0 Å². The van der Waals surface area contributed by atoms with E-state index in [1.807, 2.05) is 36.1 Å². The highest BCUT2D eigenvalue weighted by molar-refractivity contribution is 5.88. The van der Waals surface area contributed by atoms with Crippen LogP contribution in [0.1, 0.15) is 22.9 Å². The maximum absolute atomic E-state index is 12.9. The SMILES string of the molecule is Cc1ccc2c(CC(=O)N3CCOC[C@@H]3c3ccn[nH]3)coc2c1. The number of hydrogen-bond acceptors (Lipinski definition) is 4. The van der Waals surface area contributed by atoms with E-state index in [1.165, 1.54) is 0 Å². The molecule has 1 aliphatic rings. The monoisotopic (exact) mass is 325 g/mol. The van der Waals surface area contributed by atoms with Gasteiger partial charge in [-0.25, -0.2) is 0 Å². The molecule has 0 radical (unpaired) electrons. The first-order valence-electron chi connectivity index (χ1n) is 8.05. The van der Waals surface area contributed by atoms with E-state index in [9.17, 15) is 4.79 Å². The first-order chi connectivity index (χ1) is 11.7. The smallest absolute Gasteiger partial charge is 0.227 e. The van der Waals surface area contributed by atoms with Crippen molar-refractivity contribution in [2.75, 3.05) is 19.8 Å². The average molecular weight is 325 g/mol. The van der Waals surface area contributed by atoms with Crippen LogP contribution in [0.15, 0.2) is 41.1 Å². The fraction of sp³-hybridized carbons (Fsp3) is 0.333. The van der Waals surface area contributed by atoms with E-state index in [4.69, 9.17) is 9.15 Å². The number of fused-ring (bicyclic) bond motifs is 1. The number of hydrogen-bond donors (Lipinski definition) is 1. The quantitative estimate of drug-likeness (QED) is 0.803. The van der Waals surface area contributed by atoms with Crippen LogP contribution in [0.5, 0.6) is 0 Å². The number of furan rings is 1. The molecule has 0 saturated carbocycles. The number of aromatic amines is 1. The van der Waals surface area contributed by atoms with Gasteiger partial charge in [0.05, 0.1) is 37.6 Å². The van der Waals surface area contributed by atoms with Gasteiger partial charge in [0.25, 0.3) is 0 Å². The lowest BCUT2D eigenvalue weighted by Crippen LogP contribution is -2.44. The van der Waals surface area contributed by atoms with Gasteiger partial charge >= 0.3 is 0 Å². The highest BCUT2D eigenvalue weighted by Gasteiger charge is 2.30. The zero-order valence-corrected chi connectivity index (χ0v) is 13.5. The van der Waals surface area contributed by atoms with E-state index in [2.05, 4.69) is 10.2 Å². The third-order valence-electron chi connectivity index (χ3n) is 4.48. The number of aromatic nitrogens is 2. The van der Waals surface area contributed by atoms with E-state index >= 15 is 0 Å². The summed E-state index contributed by atoms with van der Waals surface area (Å²) in [6, 6.07) is 7.81. The summed E-state index contributed by atoms with van der Waals surface area (Å²) in [4.78, 5) is 14.7. The zero-order chi connectivity index (χ0) is 16.5. The molecule has 1 saturated heterocycles. The molecule has 1 amide bonds. The lowest BCUT2D eigenvalue weighted by atomic mass is 10.1. The van der Waals surface area contributed by atoms with Gasteiger partial charge in [0.1, 0.15) is 5.58 Å². The summed E-state index contributed by atoms with van der Waals surface area (Å²) < 4.78 is 11.2. The van der Waals surface area contributed by atoms with E-state index in [0.717, 1.165) is 27.8 Å². The Balaban J connectivity index is 1.57. The number of H-pyrrole nitrogens is 1. The Morgan fingerprint density at radius 2 is 2.33 bits per heavy atom. The van der Waals surface area contributed by atoms with Crippen molar-refractivity contribution in [3.8, 4) is 0 Å². The standard InChI is InChI=1S/C18H19N3O3/c1-12-2-3-14-13(10-24-17(14)8-12)9-18(22)21-6-7-23-11-16(21)15-4-5-19-20-15/h2-5,8,10,16H,6-7,9,11H2,1H3,(H,19,20)/t16-/m1/s1. The van der Waals surface area contributed by atoms with Gasteiger partial charge in [-0.2, -0.15) is 5.10 Å². The summed E-state index contributed by atoms with van der Waals surface area (Å²) in [6.45, 7) is 3.65. The number of rotatable bonds is 3. The number of morpholine rings is 1. The number of ether oxygens (including phenoxy) is 1. The molecule has 24 heavy (non-hydrogen) atoms. The molecule has 0 aliphatic carbocycles. The second-order valence-electron chi connectivity index (χ2n) is 6.13. The molecule has 0 unspecified atom stereocenters. The lowest BCUT2D eigenvalue weighted by molar-refractivity contribution is -0.139. The fourth-order valence-electron chi connectivity index (χ4n) is 3.20. The van der Waals surface area contributed by atoms with Crippen molar-refractivity contribution in [2.45, 2.75) is 19.4 Å². The van der Waals surface area contributed by atoms with Gasteiger partial charge in [0.15, 0.2) is 0 Å². The number of carbonyl (C=O) groups excluding carboxylic acids is 1. The van der Waals surface area contributed by atoms with Gasteiger partial charge in [-0.05, 0) is 24.6 Å². The maximum atomic E-state index is 12.9. The van der Waals surface area contributed by atoms with Gasteiger partial charge in [-0.15, -0.1) is 0 Å². The molecule has 0 spiro atoms. The zero-order valence-electron chi connectivity index (χ0n) is 13.5. The summed E-state index contributed by atoms with van der Waals surface area (Å²) in [5.41, 5.74) is 3.78. The summed E-state index contributed by atoms with van der Waals surface area (Å²) >= 11 is 0. The lowest BCUT2D eigenvalue weighted by Gasteiger charge is -2.35. The Morgan fingerprint density at radius 3 is 3.17 bits per heavy atom. The molecule has 6 nitrogen and oxygen atoms in total. The molecular formula is C18H19N3O3. The number of aryl methyl sites for hydroxylation is 1. The Labute approximate surface area is 139 Å². The van der Waals surface area contributed by atoms with Crippen LogP contribution in [-0.4, -0.2) is 40.8 Å². The molecule has 1 fully saturated rings. The number of amides is 1. The van der Waals surface area contributed by atoms with Crippen LogP contribution in [0.4, 0.5) is 0 Å².